The molecule has 2 nitrogen and oxygen atoms in total. The minimum Gasteiger partial charge on any atom is -0.384 e. The first-order valence-corrected chi connectivity index (χ1v) is 5.00. The molecule has 0 radical (unpaired) electrons. The van der Waals surface area contributed by atoms with Crippen LogP contribution >= 0.6 is 0 Å². The average molecular weight is 245 g/mol. The summed E-state index contributed by atoms with van der Waals surface area (Å²) >= 11 is 0. The van der Waals surface area contributed by atoms with Crippen LogP contribution in [-0.4, -0.2) is 24.1 Å². The quantitative estimate of drug-likeness (QED) is 0.885. The maximum absolute atomic E-state index is 12.4. The van der Waals surface area contributed by atoms with Crippen LogP contribution < -0.4 is 0 Å². The summed E-state index contributed by atoms with van der Waals surface area (Å²) in [7, 11) is 3.52. The molecule has 1 N–H and O–H groups in total. The van der Waals surface area contributed by atoms with Crippen molar-refractivity contribution >= 4 is 0 Å². The Balaban J connectivity index is 2.92. The molecule has 1 aromatic carbocycles. The summed E-state index contributed by atoms with van der Waals surface area (Å²) in [6, 6.07) is 4.67. The number of benzene rings is 1. The van der Waals surface area contributed by atoms with Gasteiger partial charge in [-0.15, -0.1) is 0 Å². The van der Waals surface area contributed by atoms with Crippen LogP contribution in [0.4, 0.5) is 13.2 Å². The van der Waals surface area contributed by atoms with Crippen molar-refractivity contribution in [3.8, 4) is 0 Å². The van der Waals surface area contributed by atoms with Crippen molar-refractivity contribution in [1.82, 2.24) is 4.90 Å². The summed E-state index contributed by atoms with van der Waals surface area (Å²) in [5.41, 5.74) is -0.537. The standard InChI is InChI=1S/C12H14F3NO/c1-16(2)7-6-11(17)9-4-3-5-10(8-9)12(13,14)15/h3-8,11,17H,1-2H3/b7-6+. The molecule has 1 atom stereocenters. The number of hydrogen-bond acceptors (Lipinski definition) is 2. The Morgan fingerprint density at radius 2 is 1.94 bits per heavy atom. The van der Waals surface area contributed by atoms with Gasteiger partial charge in [0.25, 0.3) is 0 Å². The van der Waals surface area contributed by atoms with Gasteiger partial charge in [-0.05, 0) is 30.0 Å². The molecule has 0 aliphatic carbocycles. The monoisotopic (exact) mass is 245 g/mol. The van der Waals surface area contributed by atoms with Crippen molar-refractivity contribution in [2.24, 2.45) is 0 Å². The van der Waals surface area contributed by atoms with Gasteiger partial charge in [-0.2, -0.15) is 13.2 Å². The van der Waals surface area contributed by atoms with Crippen LogP contribution in [-0.2, 0) is 6.18 Å². The molecule has 5 heteroatoms. The normalized spacial score (nSPS) is 14.0. The second kappa shape index (κ2) is 5.23. The smallest absolute Gasteiger partial charge is 0.384 e. The Kier molecular flexibility index (Phi) is 4.17. The maximum Gasteiger partial charge on any atom is 0.416 e. The number of hydrogen-bond donors (Lipinski definition) is 1. The van der Waals surface area contributed by atoms with E-state index in [-0.39, 0.29) is 5.56 Å². The predicted molar refractivity (Wildman–Crippen MR) is 59.2 cm³/mol. The Morgan fingerprint density at radius 1 is 1.29 bits per heavy atom. The molecule has 1 unspecified atom stereocenters. The fourth-order valence-corrected chi connectivity index (χ4v) is 1.26. The summed E-state index contributed by atoms with van der Waals surface area (Å²) < 4.78 is 37.3. The third kappa shape index (κ3) is 4.11. The molecule has 1 rings (SSSR count). The summed E-state index contributed by atoms with van der Waals surface area (Å²) in [6.45, 7) is 0. The zero-order valence-electron chi connectivity index (χ0n) is 9.57. The summed E-state index contributed by atoms with van der Waals surface area (Å²) in [5.74, 6) is 0. The van der Waals surface area contributed by atoms with Gasteiger partial charge in [0.05, 0.1) is 11.7 Å². The molecule has 17 heavy (non-hydrogen) atoms. The number of aliphatic hydroxyl groups is 1. The molecule has 0 heterocycles. The van der Waals surface area contributed by atoms with Crippen molar-refractivity contribution in [1.29, 1.82) is 0 Å². The second-order valence-corrected chi connectivity index (χ2v) is 3.87. The van der Waals surface area contributed by atoms with Gasteiger partial charge >= 0.3 is 6.18 Å². The third-order valence-electron chi connectivity index (χ3n) is 2.12. The minimum atomic E-state index is -4.39. The molecule has 1 aromatic rings. The highest BCUT2D eigenvalue weighted by Crippen LogP contribution is 2.30. The van der Waals surface area contributed by atoms with Crippen LogP contribution in [0.5, 0.6) is 0 Å². The van der Waals surface area contributed by atoms with E-state index < -0.39 is 17.8 Å². The van der Waals surface area contributed by atoms with Crippen LogP contribution in [0.1, 0.15) is 17.2 Å². The van der Waals surface area contributed by atoms with Gasteiger partial charge in [-0.25, -0.2) is 0 Å². The number of rotatable bonds is 3. The zero-order chi connectivity index (χ0) is 13.1. The van der Waals surface area contributed by atoms with Gasteiger partial charge in [-0.1, -0.05) is 12.1 Å². The molecule has 0 aromatic heterocycles. The first-order chi connectivity index (χ1) is 7.80. The first-order valence-electron chi connectivity index (χ1n) is 5.00. The Hall–Kier alpha value is -1.49. The average Bonchev–Trinajstić information content (AvgIpc) is 2.25. The van der Waals surface area contributed by atoms with Crippen LogP contribution in [0.3, 0.4) is 0 Å². The highest BCUT2D eigenvalue weighted by Gasteiger charge is 2.30. The fraction of sp³-hybridized carbons (Fsp3) is 0.333. The van der Waals surface area contributed by atoms with Gasteiger partial charge < -0.3 is 10.0 Å². The van der Waals surface area contributed by atoms with E-state index >= 15 is 0 Å². The summed E-state index contributed by atoms with van der Waals surface area (Å²) in [4.78, 5) is 1.69. The second-order valence-electron chi connectivity index (χ2n) is 3.87. The van der Waals surface area contributed by atoms with Gasteiger partial charge in [-0.3, -0.25) is 0 Å². The fourth-order valence-electron chi connectivity index (χ4n) is 1.26. The SMILES string of the molecule is CN(C)/C=C/C(O)c1cccc(C(F)(F)F)c1. The minimum absolute atomic E-state index is 0.220. The van der Waals surface area contributed by atoms with E-state index in [1.807, 2.05) is 0 Å². The highest BCUT2D eigenvalue weighted by atomic mass is 19.4. The number of alkyl halides is 3. The summed E-state index contributed by atoms with van der Waals surface area (Å²) in [5, 5.41) is 9.68. The van der Waals surface area contributed by atoms with Crippen molar-refractivity contribution in [2.45, 2.75) is 12.3 Å². The molecule has 0 bridgehead atoms. The molecule has 0 aliphatic rings. The van der Waals surface area contributed by atoms with E-state index in [1.165, 1.54) is 18.2 Å². The lowest BCUT2D eigenvalue weighted by molar-refractivity contribution is -0.137. The molecular weight excluding hydrogens is 231 g/mol. The van der Waals surface area contributed by atoms with Crippen molar-refractivity contribution in [2.75, 3.05) is 14.1 Å². The lowest BCUT2D eigenvalue weighted by Gasteiger charge is -2.12. The Bertz CT molecular complexity index is 399. The lowest BCUT2D eigenvalue weighted by atomic mass is 10.1. The number of aliphatic hydroxyl groups excluding tert-OH is 1. The Labute approximate surface area is 98.0 Å². The van der Waals surface area contributed by atoms with Gasteiger partial charge in [0.1, 0.15) is 0 Å². The van der Waals surface area contributed by atoms with E-state index in [0.717, 1.165) is 12.1 Å². The lowest BCUT2D eigenvalue weighted by Crippen LogP contribution is -2.07. The predicted octanol–water partition coefficient (Wildman–Crippen LogP) is 2.81. The number of halogens is 3. The number of nitrogens with zero attached hydrogens (tertiary/aromatic N) is 1. The zero-order valence-corrected chi connectivity index (χ0v) is 9.57. The molecule has 0 aliphatic heterocycles. The van der Waals surface area contributed by atoms with Gasteiger partial charge in [0.15, 0.2) is 0 Å². The van der Waals surface area contributed by atoms with E-state index in [9.17, 15) is 18.3 Å². The van der Waals surface area contributed by atoms with Gasteiger partial charge in [0, 0.05) is 14.1 Å². The highest BCUT2D eigenvalue weighted by molar-refractivity contribution is 5.28. The Morgan fingerprint density at radius 3 is 2.47 bits per heavy atom. The van der Waals surface area contributed by atoms with E-state index in [1.54, 1.807) is 25.2 Å². The molecule has 0 saturated heterocycles. The summed E-state index contributed by atoms with van der Waals surface area (Å²) in [6.07, 6.45) is -2.42. The first kappa shape index (κ1) is 13.6. The van der Waals surface area contributed by atoms with E-state index in [4.69, 9.17) is 0 Å². The molecule has 0 amide bonds. The maximum atomic E-state index is 12.4. The molecule has 0 spiro atoms. The van der Waals surface area contributed by atoms with Crippen LogP contribution in [0, 0.1) is 0 Å². The van der Waals surface area contributed by atoms with Crippen LogP contribution in [0.2, 0.25) is 0 Å². The molecule has 0 fully saturated rings. The van der Waals surface area contributed by atoms with Crippen LogP contribution in [0.15, 0.2) is 36.5 Å². The third-order valence-corrected chi connectivity index (χ3v) is 2.12. The molecule has 0 saturated carbocycles. The van der Waals surface area contributed by atoms with Gasteiger partial charge in [0.2, 0.25) is 0 Å². The van der Waals surface area contributed by atoms with E-state index in [0.29, 0.717) is 0 Å². The molecule has 94 valence electrons. The topological polar surface area (TPSA) is 23.5 Å². The van der Waals surface area contributed by atoms with Crippen molar-refractivity contribution in [3.05, 3.63) is 47.7 Å². The van der Waals surface area contributed by atoms with Crippen molar-refractivity contribution < 1.29 is 18.3 Å². The van der Waals surface area contributed by atoms with E-state index in [2.05, 4.69) is 0 Å². The van der Waals surface area contributed by atoms with Crippen LogP contribution in [0.25, 0.3) is 0 Å². The van der Waals surface area contributed by atoms with Crippen molar-refractivity contribution in [3.63, 3.8) is 0 Å². The largest absolute Gasteiger partial charge is 0.416 e. The molecular formula is C12H14F3NO.